The highest BCUT2D eigenvalue weighted by atomic mass is 15.0. The zero-order valence-electron chi connectivity index (χ0n) is 10.0. The minimum absolute atomic E-state index is 0.282. The van der Waals surface area contributed by atoms with E-state index in [4.69, 9.17) is 5.41 Å². The molecular formula is C11H19N5. The number of hydrogen-bond donors (Lipinski definition) is 3. The van der Waals surface area contributed by atoms with Crippen LogP contribution in [0.3, 0.4) is 0 Å². The van der Waals surface area contributed by atoms with Crippen molar-refractivity contribution < 1.29 is 0 Å². The third kappa shape index (κ3) is 3.58. The number of hydrogen-bond acceptors (Lipinski definition) is 5. The Bertz CT molecular complexity index is 350. The summed E-state index contributed by atoms with van der Waals surface area (Å²) in [6, 6.07) is 2.10. The second-order valence-corrected chi connectivity index (χ2v) is 3.69. The SMILES string of the molecule is CCNc1cc(C(=N)CC(C)NC)ncn1. The molecule has 0 aliphatic rings. The van der Waals surface area contributed by atoms with Crippen molar-refractivity contribution in [1.29, 1.82) is 5.41 Å². The molecule has 3 N–H and O–H groups in total. The molecule has 0 aliphatic carbocycles. The molecule has 0 spiro atoms. The molecule has 0 saturated heterocycles. The van der Waals surface area contributed by atoms with Gasteiger partial charge in [0.1, 0.15) is 12.1 Å². The topological polar surface area (TPSA) is 73.7 Å². The lowest BCUT2D eigenvalue weighted by atomic mass is 10.1. The van der Waals surface area contributed by atoms with E-state index in [2.05, 4.69) is 20.6 Å². The number of anilines is 1. The van der Waals surface area contributed by atoms with Crippen LogP contribution in [-0.2, 0) is 0 Å². The Kier molecular flexibility index (Phi) is 4.85. The average molecular weight is 221 g/mol. The van der Waals surface area contributed by atoms with Gasteiger partial charge in [0.15, 0.2) is 0 Å². The lowest BCUT2D eigenvalue weighted by Gasteiger charge is -2.11. The van der Waals surface area contributed by atoms with Crippen LogP contribution in [-0.4, -0.2) is 35.3 Å². The van der Waals surface area contributed by atoms with Crippen molar-refractivity contribution in [3.63, 3.8) is 0 Å². The van der Waals surface area contributed by atoms with Gasteiger partial charge in [0, 0.05) is 25.1 Å². The molecule has 1 unspecified atom stereocenters. The van der Waals surface area contributed by atoms with E-state index in [9.17, 15) is 0 Å². The molecule has 1 heterocycles. The number of nitrogens with one attached hydrogen (secondary N) is 3. The maximum atomic E-state index is 7.93. The lowest BCUT2D eigenvalue weighted by Crippen LogP contribution is -2.25. The van der Waals surface area contributed by atoms with Crippen molar-refractivity contribution in [1.82, 2.24) is 15.3 Å². The molecule has 0 aliphatic heterocycles. The average Bonchev–Trinajstić information content (AvgIpc) is 2.29. The Morgan fingerprint density at radius 2 is 2.25 bits per heavy atom. The predicted octanol–water partition coefficient (Wildman–Crippen LogP) is 1.27. The Hall–Kier alpha value is -1.49. The highest BCUT2D eigenvalue weighted by Gasteiger charge is 2.08. The van der Waals surface area contributed by atoms with E-state index in [1.165, 1.54) is 6.33 Å². The van der Waals surface area contributed by atoms with Gasteiger partial charge in [-0.1, -0.05) is 0 Å². The summed E-state index contributed by atoms with van der Waals surface area (Å²) in [5.74, 6) is 0.773. The third-order valence-electron chi connectivity index (χ3n) is 2.34. The summed E-state index contributed by atoms with van der Waals surface area (Å²) >= 11 is 0. The van der Waals surface area contributed by atoms with Crippen LogP contribution in [0.2, 0.25) is 0 Å². The van der Waals surface area contributed by atoms with Gasteiger partial charge in [-0.2, -0.15) is 0 Å². The van der Waals surface area contributed by atoms with Crippen LogP contribution in [0.15, 0.2) is 12.4 Å². The first-order chi connectivity index (χ1) is 7.67. The Morgan fingerprint density at radius 1 is 1.50 bits per heavy atom. The normalized spacial score (nSPS) is 12.2. The molecule has 0 amide bonds. The van der Waals surface area contributed by atoms with Crippen LogP contribution in [0.1, 0.15) is 26.0 Å². The molecule has 5 heteroatoms. The van der Waals surface area contributed by atoms with Gasteiger partial charge in [-0.05, 0) is 20.9 Å². The number of nitrogens with zero attached hydrogens (tertiary/aromatic N) is 2. The molecule has 1 aromatic heterocycles. The Labute approximate surface area is 96.2 Å². The smallest absolute Gasteiger partial charge is 0.129 e. The fourth-order valence-corrected chi connectivity index (χ4v) is 1.31. The van der Waals surface area contributed by atoms with Gasteiger partial charge in [0.05, 0.1) is 11.4 Å². The van der Waals surface area contributed by atoms with Gasteiger partial charge >= 0.3 is 0 Å². The molecule has 88 valence electrons. The van der Waals surface area contributed by atoms with Gasteiger partial charge in [-0.3, -0.25) is 0 Å². The second-order valence-electron chi connectivity index (χ2n) is 3.69. The first-order valence-corrected chi connectivity index (χ1v) is 5.48. The first-order valence-electron chi connectivity index (χ1n) is 5.48. The molecule has 1 aromatic rings. The van der Waals surface area contributed by atoms with Crippen molar-refractivity contribution in [2.24, 2.45) is 0 Å². The fraction of sp³-hybridized carbons (Fsp3) is 0.545. The molecule has 16 heavy (non-hydrogen) atoms. The third-order valence-corrected chi connectivity index (χ3v) is 2.34. The molecular weight excluding hydrogens is 202 g/mol. The van der Waals surface area contributed by atoms with E-state index >= 15 is 0 Å². The van der Waals surface area contributed by atoms with Crippen molar-refractivity contribution >= 4 is 11.5 Å². The van der Waals surface area contributed by atoms with Crippen LogP contribution >= 0.6 is 0 Å². The summed E-state index contributed by atoms with van der Waals surface area (Å²) < 4.78 is 0. The molecule has 0 saturated carbocycles. The van der Waals surface area contributed by atoms with E-state index < -0.39 is 0 Å². The van der Waals surface area contributed by atoms with Crippen molar-refractivity contribution in [2.45, 2.75) is 26.3 Å². The number of rotatable bonds is 6. The predicted molar refractivity (Wildman–Crippen MR) is 66.2 cm³/mol. The molecule has 5 nitrogen and oxygen atoms in total. The van der Waals surface area contributed by atoms with Crippen molar-refractivity contribution in [3.8, 4) is 0 Å². The summed E-state index contributed by atoms with van der Waals surface area (Å²) in [7, 11) is 1.89. The monoisotopic (exact) mass is 221 g/mol. The molecule has 0 bridgehead atoms. The molecule has 0 fully saturated rings. The molecule has 0 radical (unpaired) electrons. The van der Waals surface area contributed by atoms with E-state index in [0.29, 0.717) is 17.8 Å². The van der Waals surface area contributed by atoms with Gasteiger partial charge in [-0.15, -0.1) is 0 Å². The Balaban J connectivity index is 2.71. The van der Waals surface area contributed by atoms with Crippen molar-refractivity contribution in [3.05, 3.63) is 18.1 Å². The van der Waals surface area contributed by atoms with E-state index in [-0.39, 0.29) is 6.04 Å². The summed E-state index contributed by atoms with van der Waals surface area (Å²) in [6.07, 6.45) is 2.16. The summed E-state index contributed by atoms with van der Waals surface area (Å²) in [5, 5.41) is 14.1. The minimum atomic E-state index is 0.282. The van der Waals surface area contributed by atoms with Crippen molar-refractivity contribution in [2.75, 3.05) is 18.9 Å². The summed E-state index contributed by atoms with van der Waals surface area (Å²) in [5.41, 5.74) is 1.22. The van der Waals surface area contributed by atoms with Crippen LogP contribution in [0.4, 0.5) is 5.82 Å². The van der Waals surface area contributed by atoms with Gasteiger partial charge in [-0.25, -0.2) is 9.97 Å². The maximum absolute atomic E-state index is 7.93. The molecule has 0 aromatic carbocycles. The second kappa shape index (κ2) is 6.17. The van der Waals surface area contributed by atoms with Gasteiger partial charge in [0.25, 0.3) is 0 Å². The van der Waals surface area contributed by atoms with E-state index in [0.717, 1.165) is 12.4 Å². The van der Waals surface area contributed by atoms with Crippen LogP contribution in [0.5, 0.6) is 0 Å². The molecule has 1 atom stereocenters. The minimum Gasteiger partial charge on any atom is -0.370 e. The van der Waals surface area contributed by atoms with E-state index in [1.807, 2.05) is 27.0 Å². The largest absolute Gasteiger partial charge is 0.370 e. The van der Waals surface area contributed by atoms with E-state index in [1.54, 1.807) is 0 Å². The lowest BCUT2D eigenvalue weighted by molar-refractivity contribution is 0.632. The fourth-order valence-electron chi connectivity index (χ4n) is 1.31. The quantitative estimate of drug-likeness (QED) is 0.632. The standard InChI is InChI=1S/C11H19N5/c1-4-14-11-6-10(15-7-16-11)9(12)5-8(2)13-3/h6-8,12-13H,4-5H2,1-3H3,(H,14,15,16). The zero-order valence-corrected chi connectivity index (χ0v) is 10.0. The maximum Gasteiger partial charge on any atom is 0.129 e. The summed E-state index contributed by atoms with van der Waals surface area (Å²) in [4.78, 5) is 8.18. The first kappa shape index (κ1) is 12.6. The van der Waals surface area contributed by atoms with Gasteiger partial charge in [0.2, 0.25) is 0 Å². The number of aromatic nitrogens is 2. The Morgan fingerprint density at radius 3 is 2.88 bits per heavy atom. The molecule has 1 rings (SSSR count). The highest BCUT2D eigenvalue weighted by molar-refractivity contribution is 5.97. The highest BCUT2D eigenvalue weighted by Crippen LogP contribution is 2.07. The van der Waals surface area contributed by atoms with Crippen LogP contribution in [0.25, 0.3) is 0 Å². The zero-order chi connectivity index (χ0) is 12.0. The van der Waals surface area contributed by atoms with Crippen LogP contribution in [0, 0.1) is 5.41 Å². The summed E-state index contributed by atoms with van der Waals surface area (Å²) in [6.45, 7) is 4.87. The van der Waals surface area contributed by atoms with Gasteiger partial charge < -0.3 is 16.0 Å². The van der Waals surface area contributed by atoms with Crippen LogP contribution < -0.4 is 10.6 Å².